The number of amides is 1. The van der Waals surface area contributed by atoms with Gasteiger partial charge in [-0.1, -0.05) is 48.0 Å². The van der Waals surface area contributed by atoms with Crippen molar-refractivity contribution in [3.05, 3.63) is 77.6 Å². The summed E-state index contributed by atoms with van der Waals surface area (Å²) in [4.78, 5) is 13.6. The minimum atomic E-state index is -4.24. The van der Waals surface area contributed by atoms with Crippen LogP contribution in [0.2, 0.25) is 5.02 Å². The largest absolute Gasteiger partial charge is 0.443 e. The molecule has 2 heterocycles. The number of rotatable bonds is 6. The van der Waals surface area contributed by atoms with E-state index in [-0.39, 0.29) is 24.2 Å². The van der Waals surface area contributed by atoms with E-state index in [2.05, 4.69) is 4.72 Å². The summed E-state index contributed by atoms with van der Waals surface area (Å²) >= 11 is 5.94. The van der Waals surface area contributed by atoms with Gasteiger partial charge in [-0.15, -0.1) is 0 Å². The number of furan rings is 1. The summed E-state index contributed by atoms with van der Waals surface area (Å²) < 4.78 is 74.3. The number of sulfonamides is 1. The number of hydrogen-bond acceptors (Lipinski definition) is 6. The lowest BCUT2D eigenvalue weighted by atomic mass is 10.0. The Morgan fingerprint density at radius 2 is 1.76 bits per heavy atom. The van der Waals surface area contributed by atoms with E-state index < -0.39 is 47.6 Å². The van der Waals surface area contributed by atoms with Gasteiger partial charge in [0.2, 0.25) is 11.0 Å². The minimum absolute atomic E-state index is 0.0213. The standard InChI is InChI=1S/C25H20ClFN2O6S2/c1-36(31,32)24-18(15-5-3-2-4-6-15)8-9-20(23(24)27)29-12-11-19(25(29)30)28-37(33,34)22-14-16-13-17(26)7-10-21(16)35-22/h2-10,13-14,19,28H,11-12H2,1H3/t19-/m0/s1. The molecule has 1 fully saturated rings. The first-order valence-corrected chi connectivity index (χ1v) is 14.8. The van der Waals surface area contributed by atoms with Gasteiger partial charge in [-0.2, -0.15) is 4.72 Å². The van der Waals surface area contributed by atoms with Crippen LogP contribution in [0.25, 0.3) is 22.1 Å². The molecule has 1 N–H and O–H groups in total. The zero-order chi connectivity index (χ0) is 26.5. The van der Waals surface area contributed by atoms with Gasteiger partial charge in [0.1, 0.15) is 16.5 Å². The predicted molar refractivity (Wildman–Crippen MR) is 137 cm³/mol. The van der Waals surface area contributed by atoms with Crippen LogP contribution in [-0.2, 0) is 24.7 Å². The van der Waals surface area contributed by atoms with Crippen molar-refractivity contribution in [3.63, 3.8) is 0 Å². The maximum absolute atomic E-state index is 15.7. The molecule has 0 bridgehead atoms. The summed E-state index contributed by atoms with van der Waals surface area (Å²) in [5.41, 5.74) is 0.723. The van der Waals surface area contributed by atoms with Crippen LogP contribution in [0.3, 0.4) is 0 Å². The number of hydrogen-bond donors (Lipinski definition) is 1. The molecule has 3 aromatic carbocycles. The SMILES string of the molecule is CS(=O)(=O)c1c(-c2ccccc2)ccc(N2CC[C@H](NS(=O)(=O)c3cc4cc(Cl)ccc4o3)C2=O)c1F. The smallest absolute Gasteiger partial charge is 0.274 e. The molecule has 0 radical (unpaired) electrons. The first kappa shape index (κ1) is 25.4. The van der Waals surface area contributed by atoms with Crippen LogP contribution in [0.5, 0.6) is 0 Å². The van der Waals surface area contributed by atoms with Crippen LogP contribution in [0, 0.1) is 5.82 Å². The Hall–Kier alpha value is -3.25. The Bertz CT molecular complexity index is 1750. The fourth-order valence-electron chi connectivity index (χ4n) is 4.36. The van der Waals surface area contributed by atoms with Crippen molar-refractivity contribution < 1.29 is 30.4 Å². The molecule has 1 atom stereocenters. The highest BCUT2D eigenvalue weighted by Crippen LogP contribution is 2.36. The monoisotopic (exact) mass is 562 g/mol. The number of carbonyl (C=O) groups excluding carboxylic acids is 1. The van der Waals surface area contributed by atoms with Gasteiger partial charge < -0.3 is 9.32 Å². The minimum Gasteiger partial charge on any atom is -0.443 e. The molecule has 0 unspecified atom stereocenters. The van der Waals surface area contributed by atoms with Gasteiger partial charge in [0.15, 0.2) is 15.7 Å². The molecule has 1 aliphatic heterocycles. The zero-order valence-electron chi connectivity index (χ0n) is 19.3. The average Bonchev–Trinajstić information content (AvgIpc) is 3.42. The molecule has 0 saturated carbocycles. The fourth-order valence-corrected chi connectivity index (χ4v) is 6.74. The number of sulfone groups is 1. The summed E-state index contributed by atoms with van der Waals surface area (Å²) in [6.07, 6.45) is 0.934. The number of halogens is 2. The summed E-state index contributed by atoms with van der Waals surface area (Å²) in [6, 6.07) is 15.9. The third-order valence-electron chi connectivity index (χ3n) is 6.05. The van der Waals surface area contributed by atoms with Crippen LogP contribution in [0.4, 0.5) is 10.1 Å². The molecule has 1 amide bonds. The van der Waals surface area contributed by atoms with Crippen LogP contribution >= 0.6 is 11.6 Å². The van der Waals surface area contributed by atoms with Crippen molar-refractivity contribution in [3.8, 4) is 11.1 Å². The molecule has 4 aromatic rings. The van der Waals surface area contributed by atoms with Crippen molar-refractivity contribution in [2.24, 2.45) is 0 Å². The Balaban J connectivity index is 1.45. The topological polar surface area (TPSA) is 114 Å². The van der Waals surface area contributed by atoms with Gasteiger partial charge in [0, 0.05) is 34.8 Å². The van der Waals surface area contributed by atoms with Crippen LogP contribution in [0.15, 0.2) is 81.1 Å². The lowest BCUT2D eigenvalue weighted by Crippen LogP contribution is -2.41. The van der Waals surface area contributed by atoms with Crippen molar-refractivity contribution >= 4 is 54.0 Å². The predicted octanol–water partition coefficient (Wildman–Crippen LogP) is 4.38. The molecule has 5 rings (SSSR count). The average molecular weight is 563 g/mol. The molecule has 1 aliphatic rings. The van der Waals surface area contributed by atoms with E-state index in [1.54, 1.807) is 42.5 Å². The third kappa shape index (κ3) is 4.75. The molecule has 0 aliphatic carbocycles. The molecular weight excluding hydrogens is 543 g/mol. The van der Waals surface area contributed by atoms with Crippen molar-refractivity contribution in [1.82, 2.24) is 4.72 Å². The van der Waals surface area contributed by atoms with Gasteiger partial charge in [-0.25, -0.2) is 21.2 Å². The molecule has 12 heteroatoms. The van der Waals surface area contributed by atoms with E-state index in [1.807, 2.05) is 0 Å². The lowest BCUT2D eigenvalue weighted by molar-refractivity contribution is -0.118. The van der Waals surface area contributed by atoms with E-state index in [4.69, 9.17) is 16.0 Å². The number of benzene rings is 3. The molecule has 8 nitrogen and oxygen atoms in total. The number of fused-ring (bicyclic) bond motifs is 1. The highest BCUT2D eigenvalue weighted by Gasteiger charge is 2.38. The summed E-state index contributed by atoms with van der Waals surface area (Å²) in [5, 5.41) is 0.482. The van der Waals surface area contributed by atoms with E-state index in [0.717, 1.165) is 11.2 Å². The molecular formula is C25H20ClFN2O6S2. The summed E-state index contributed by atoms with van der Waals surface area (Å²) in [6.45, 7) is -0.0213. The second-order valence-corrected chi connectivity index (χ2v) is 12.6. The maximum atomic E-state index is 15.7. The Morgan fingerprint density at radius 3 is 2.46 bits per heavy atom. The Kier molecular flexibility index (Phi) is 6.35. The molecule has 0 spiro atoms. The van der Waals surface area contributed by atoms with Crippen LogP contribution < -0.4 is 9.62 Å². The number of carbonyl (C=O) groups is 1. The van der Waals surface area contributed by atoms with Crippen LogP contribution in [0.1, 0.15) is 6.42 Å². The quantitative estimate of drug-likeness (QED) is 0.373. The highest BCUT2D eigenvalue weighted by atomic mass is 35.5. The summed E-state index contributed by atoms with van der Waals surface area (Å²) in [7, 11) is -8.26. The van der Waals surface area contributed by atoms with Crippen molar-refractivity contribution in [1.29, 1.82) is 0 Å². The van der Waals surface area contributed by atoms with E-state index in [0.29, 0.717) is 21.6 Å². The highest BCUT2D eigenvalue weighted by molar-refractivity contribution is 7.91. The van der Waals surface area contributed by atoms with Crippen molar-refractivity contribution in [2.45, 2.75) is 22.5 Å². The normalized spacial score (nSPS) is 16.6. The second kappa shape index (κ2) is 9.25. The first-order chi connectivity index (χ1) is 17.5. The molecule has 1 saturated heterocycles. The summed E-state index contributed by atoms with van der Waals surface area (Å²) in [5.74, 6) is -1.79. The Morgan fingerprint density at radius 1 is 1.03 bits per heavy atom. The fraction of sp³-hybridized carbons (Fsp3) is 0.160. The number of anilines is 1. The molecule has 192 valence electrons. The van der Waals surface area contributed by atoms with E-state index in [9.17, 15) is 21.6 Å². The van der Waals surface area contributed by atoms with Gasteiger partial charge in [-0.3, -0.25) is 4.79 Å². The maximum Gasteiger partial charge on any atom is 0.274 e. The number of nitrogens with zero attached hydrogens (tertiary/aromatic N) is 1. The third-order valence-corrected chi connectivity index (χ3v) is 8.75. The van der Waals surface area contributed by atoms with Gasteiger partial charge in [0.05, 0.1) is 5.69 Å². The molecule has 37 heavy (non-hydrogen) atoms. The van der Waals surface area contributed by atoms with Gasteiger partial charge in [-0.05, 0) is 36.2 Å². The zero-order valence-corrected chi connectivity index (χ0v) is 21.7. The van der Waals surface area contributed by atoms with Crippen molar-refractivity contribution in [2.75, 3.05) is 17.7 Å². The lowest BCUT2D eigenvalue weighted by Gasteiger charge is -2.20. The van der Waals surface area contributed by atoms with E-state index >= 15 is 4.39 Å². The van der Waals surface area contributed by atoms with Gasteiger partial charge >= 0.3 is 0 Å². The van der Waals surface area contributed by atoms with Crippen LogP contribution in [-0.4, -0.2) is 41.6 Å². The number of nitrogens with one attached hydrogen (secondary N) is 1. The molecule has 1 aromatic heterocycles. The van der Waals surface area contributed by atoms with Gasteiger partial charge in [0.25, 0.3) is 10.0 Å². The van der Waals surface area contributed by atoms with E-state index in [1.165, 1.54) is 24.3 Å². The second-order valence-electron chi connectivity index (χ2n) is 8.61. The Labute approximate surface area is 217 Å². The first-order valence-electron chi connectivity index (χ1n) is 11.1.